The molecule has 25 heavy (non-hydrogen) atoms. The van der Waals surface area contributed by atoms with Crippen molar-refractivity contribution in [2.24, 2.45) is 5.92 Å². The lowest BCUT2D eigenvalue weighted by molar-refractivity contribution is 0.327. The van der Waals surface area contributed by atoms with E-state index in [2.05, 4.69) is 40.7 Å². The molecule has 6 nitrogen and oxygen atoms in total. The van der Waals surface area contributed by atoms with E-state index >= 15 is 0 Å². The van der Waals surface area contributed by atoms with Gasteiger partial charge in [0.1, 0.15) is 0 Å². The summed E-state index contributed by atoms with van der Waals surface area (Å²) in [7, 11) is 0. The van der Waals surface area contributed by atoms with Gasteiger partial charge in [0.15, 0.2) is 5.82 Å². The molecule has 2 aromatic heterocycles. The van der Waals surface area contributed by atoms with Crippen molar-refractivity contribution in [2.75, 3.05) is 18.0 Å². The first-order chi connectivity index (χ1) is 11.9. The van der Waals surface area contributed by atoms with E-state index in [0.29, 0.717) is 18.4 Å². The molecule has 1 aliphatic heterocycles. The molecule has 0 aromatic carbocycles. The van der Waals surface area contributed by atoms with Crippen LogP contribution in [0.1, 0.15) is 50.9 Å². The molecule has 0 N–H and O–H groups in total. The highest BCUT2D eigenvalue weighted by atomic mass is 16.1. The van der Waals surface area contributed by atoms with Crippen LogP contribution in [-0.4, -0.2) is 32.8 Å². The highest BCUT2D eigenvalue weighted by molar-refractivity contribution is 5.48. The van der Waals surface area contributed by atoms with Crippen molar-refractivity contribution in [2.45, 2.75) is 51.5 Å². The van der Waals surface area contributed by atoms with Crippen LogP contribution in [0.3, 0.4) is 0 Å². The third kappa shape index (κ3) is 3.30. The number of nitrogens with zero attached hydrogens (tertiary/aromatic N) is 5. The molecule has 4 rings (SSSR count). The molecule has 0 bridgehead atoms. The summed E-state index contributed by atoms with van der Waals surface area (Å²) in [6.45, 7) is 8.82. The molecule has 2 fully saturated rings. The zero-order chi connectivity index (χ0) is 17.6. The molecule has 1 aliphatic carbocycles. The normalized spacial score (nSPS) is 18.3. The third-order valence-corrected chi connectivity index (χ3v) is 4.99. The molecule has 3 heterocycles. The van der Waals surface area contributed by atoms with Crippen LogP contribution in [0.25, 0.3) is 0 Å². The van der Waals surface area contributed by atoms with E-state index in [-0.39, 0.29) is 11.0 Å². The van der Waals surface area contributed by atoms with Gasteiger partial charge in [-0.15, -0.1) is 0 Å². The zero-order valence-electron chi connectivity index (χ0n) is 15.1. The summed E-state index contributed by atoms with van der Waals surface area (Å²) in [6, 6.07) is 3.48. The SMILES string of the molecule is CC(C)(C)c1ccc(=O)n(CC2CN(c3nccnc3C3CC3)C2)n1. The molecular weight excluding hydrogens is 314 g/mol. The number of rotatable bonds is 4. The Balaban J connectivity index is 1.45. The Morgan fingerprint density at radius 3 is 2.52 bits per heavy atom. The Morgan fingerprint density at radius 1 is 1.12 bits per heavy atom. The smallest absolute Gasteiger partial charge is 0.266 e. The van der Waals surface area contributed by atoms with Gasteiger partial charge < -0.3 is 4.90 Å². The Labute approximate surface area is 147 Å². The predicted octanol–water partition coefficient (Wildman–Crippen LogP) is 2.34. The minimum atomic E-state index is -0.0557. The second kappa shape index (κ2) is 5.93. The molecule has 6 heteroatoms. The number of hydrogen-bond acceptors (Lipinski definition) is 5. The summed E-state index contributed by atoms with van der Waals surface area (Å²) in [5, 5.41) is 4.58. The minimum Gasteiger partial charge on any atom is -0.354 e. The largest absolute Gasteiger partial charge is 0.354 e. The van der Waals surface area contributed by atoms with E-state index in [0.717, 1.165) is 30.3 Å². The maximum atomic E-state index is 12.1. The minimum absolute atomic E-state index is 0.0235. The van der Waals surface area contributed by atoms with Crippen LogP contribution in [0, 0.1) is 5.92 Å². The first kappa shape index (κ1) is 16.2. The highest BCUT2D eigenvalue weighted by Crippen LogP contribution is 2.43. The Hall–Kier alpha value is -2.24. The maximum Gasteiger partial charge on any atom is 0.266 e. The van der Waals surface area contributed by atoms with Crippen LogP contribution in [0.2, 0.25) is 0 Å². The van der Waals surface area contributed by atoms with E-state index in [9.17, 15) is 4.79 Å². The molecule has 1 saturated carbocycles. The second-order valence-corrected chi connectivity index (χ2v) is 8.30. The monoisotopic (exact) mass is 339 g/mol. The molecule has 0 radical (unpaired) electrons. The van der Waals surface area contributed by atoms with Gasteiger partial charge in [-0.3, -0.25) is 9.78 Å². The van der Waals surface area contributed by atoms with E-state index in [1.54, 1.807) is 23.1 Å². The molecule has 0 unspecified atom stereocenters. The van der Waals surface area contributed by atoms with Crippen LogP contribution in [-0.2, 0) is 12.0 Å². The highest BCUT2D eigenvalue weighted by Gasteiger charge is 2.35. The van der Waals surface area contributed by atoms with Gasteiger partial charge in [-0.1, -0.05) is 20.8 Å². The lowest BCUT2D eigenvalue weighted by Crippen LogP contribution is -2.50. The Bertz CT molecular complexity index is 828. The molecular formula is C19H25N5O. The van der Waals surface area contributed by atoms with Gasteiger partial charge in [0.05, 0.1) is 17.9 Å². The van der Waals surface area contributed by atoms with Crippen LogP contribution in [0.15, 0.2) is 29.3 Å². The second-order valence-electron chi connectivity index (χ2n) is 8.30. The molecule has 0 spiro atoms. The Morgan fingerprint density at radius 2 is 1.84 bits per heavy atom. The maximum absolute atomic E-state index is 12.1. The van der Waals surface area contributed by atoms with Gasteiger partial charge in [0.25, 0.3) is 5.56 Å². The average molecular weight is 339 g/mol. The first-order valence-corrected chi connectivity index (χ1v) is 9.06. The standard InChI is InChI=1S/C19H25N5O/c1-19(2,3)15-6-7-16(25)24(22-15)12-13-10-23(11-13)18-17(14-4-5-14)20-8-9-21-18/h6-9,13-14H,4-5,10-12H2,1-3H3. The van der Waals surface area contributed by atoms with Crippen molar-refractivity contribution < 1.29 is 0 Å². The third-order valence-electron chi connectivity index (χ3n) is 4.99. The number of aromatic nitrogens is 4. The lowest BCUT2D eigenvalue weighted by atomic mass is 9.92. The van der Waals surface area contributed by atoms with Gasteiger partial charge in [0, 0.05) is 48.8 Å². The van der Waals surface area contributed by atoms with Crippen molar-refractivity contribution in [1.29, 1.82) is 0 Å². The summed E-state index contributed by atoms with van der Waals surface area (Å²) in [5.41, 5.74) is 2.02. The average Bonchev–Trinajstić information content (AvgIpc) is 3.36. The number of anilines is 1. The first-order valence-electron chi connectivity index (χ1n) is 9.06. The van der Waals surface area contributed by atoms with Crippen LogP contribution < -0.4 is 10.5 Å². The predicted molar refractivity (Wildman–Crippen MR) is 96.9 cm³/mol. The van der Waals surface area contributed by atoms with Gasteiger partial charge in [-0.25, -0.2) is 9.67 Å². The number of hydrogen-bond donors (Lipinski definition) is 0. The summed E-state index contributed by atoms with van der Waals surface area (Å²) in [4.78, 5) is 23.5. The van der Waals surface area contributed by atoms with E-state index < -0.39 is 0 Å². The lowest BCUT2D eigenvalue weighted by Gasteiger charge is -2.40. The Kier molecular flexibility index (Phi) is 3.85. The van der Waals surface area contributed by atoms with Crippen molar-refractivity contribution in [3.63, 3.8) is 0 Å². The van der Waals surface area contributed by atoms with Gasteiger partial charge >= 0.3 is 0 Å². The fraction of sp³-hybridized carbons (Fsp3) is 0.579. The van der Waals surface area contributed by atoms with Crippen LogP contribution >= 0.6 is 0 Å². The molecule has 2 aliphatic rings. The van der Waals surface area contributed by atoms with Crippen molar-refractivity contribution in [3.05, 3.63) is 46.3 Å². The van der Waals surface area contributed by atoms with Crippen molar-refractivity contribution >= 4 is 5.82 Å². The summed E-state index contributed by atoms with van der Waals surface area (Å²) in [6.07, 6.45) is 6.01. The summed E-state index contributed by atoms with van der Waals surface area (Å²) < 4.78 is 1.63. The van der Waals surface area contributed by atoms with Gasteiger partial charge in [-0.05, 0) is 18.9 Å². The van der Waals surface area contributed by atoms with Crippen LogP contribution in [0.4, 0.5) is 5.82 Å². The molecule has 1 saturated heterocycles. The van der Waals surface area contributed by atoms with Crippen LogP contribution in [0.5, 0.6) is 0 Å². The zero-order valence-corrected chi connectivity index (χ0v) is 15.1. The quantitative estimate of drug-likeness (QED) is 0.855. The van der Waals surface area contributed by atoms with E-state index in [4.69, 9.17) is 0 Å². The molecule has 132 valence electrons. The van der Waals surface area contributed by atoms with Crippen molar-refractivity contribution in [1.82, 2.24) is 19.7 Å². The van der Waals surface area contributed by atoms with Gasteiger partial charge in [-0.2, -0.15) is 5.10 Å². The fourth-order valence-electron chi connectivity index (χ4n) is 3.31. The van der Waals surface area contributed by atoms with Gasteiger partial charge in [0.2, 0.25) is 0 Å². The van der Waals surface area contributed by atoms with E-state index in [1.165, 1.54) is 12.8 Å². The molecule has 0 atom stereocenters. The van der Waals surface area contributed by atoms with E-state index in [1.807, 2.05) is 6.07 Å². The topological polar surface area (TPSA) is 63.9 Å². The van der Waals surface area contributed by atoms with Crippen molar-refractivity contribution in [3.8, 4) is 0 Å². The molecule has 2 aromatic rings. The summed E-state index contributed by atoms with van der Waals surface area (Å²) >= 11 is 0. The molecule has 0 amide bonds. The summed E-state index contributed by atoms with van der Waals surface area (Å²) in [5.74, 6) is 2.05. The fourth-order valence-corrected chi connectivity index (χ4v) is 3.31.